The summed E-state index contributed by atoms with van der Waals surface area (Å²) >= 11 is 0. The highest BCUT2D eigenvalue weighted by Gasteiger charge is 2.09. The molecular weight excluding hydrogens is 233 g/mol. The Balaban J connectivity index is 2.17. The normalized spacial score (nSPS) is 11.3. The summed E-state index contributed by atoms with van der Waals surface area (Å²) in [4.78, 5) is 2.00. The van der Waals surface area contributed by atoms with E-state index in [0.29, 0.717) is 25.2 Å². The maximum Gasteiger partial charge on any atom is 0.134 e. The fourth-order valence-electron chi connectivity index (χ4n) is 1.93. The van der Waals surface area contributed by atoms with Gasteiger partial charge in [0.2, 0.25) is 0 Å². The van der Waals surface area contributed by atoms with Crippen LogP contribution < -0.4 is 0 Å². The van der Waals surface area contributed by atoms with Crippen molar-refractivity contribution in [2.24, 2.45) is 0 Å². The number of aliphatic hydroxyl groups is 1. The number of benzene rings is 1. The third-order valence-corrected chi connectivity index (χ3v) is 2.71. The standard InChI is InChI=1S/C14H16FNO2/c1-2-5-16(6-7-17)10-13-9-11-8-12(15)3-4-14(11)18-13/h2-4,8-9,17H,1,5-7,10H2. The van der Waals surface area contributed by atoms with Crippen LogP contribution in [0.2, 0.25) is 0 Å². The van der Waals surface area contributed by atoms with Gasteiger partial charge in [-0.3, -0.25) is 4.90 Å². The van der Waals surface area contributed by atoms with E-state index in [1.165, 1.54) is 12.1 Å². The van der Waals surface area contributed by atoms with E-state index >= 15 is 0 Å². The van der Waals surface area contributed by atoms with E-state index in [1.807, 2.05) is 11.0 Å². The molecule has 2 rings (SSSR count). The molecule has 0 spiro atoms. The lowest BCUT2D eigenvalue weighted by Gasteiger charge is -2.17. The minimum Gasteiger partial charge on any atom is -0.460 e. The summed E-state index contributed by atoms with van der Waals surface area (Å²) in [6.45, 7) is 5.56. The SMILES string of the molecule is C=CCN(CCO)Cc1cc2cc(F)ccc2o1. The van der Waals surface area contributed by atoms with Gasteiger partial charge in [0.1, 0.15) is 17.2 Å². The Kier molecular flexibility index (Phi) is 4.12. The highest BCUT2D eigenvalue weighted by Crippen LogP contribution is 2.21. The third-order valence-electron chi connectivity index (χ3n) is 2.71. The molecule has 0 fully saturated rings. The molecule has 18 heavy (non-hydrogen) atoms. The van der Waals surface area contributed by atoms with Gasteiger partial charge in [-0.05, 0) is 24.3 Å². The van der Waals surface area contributed by atoms with Gasteiger partial charge in [-0.1, -0.05) is 6.08 Å². The Hall–Kier alpha value is -1.65. The zero-order valence-electron chi connectivity index (χ0n) is 10.1. The molecule has 0 unspecified atom stereocenters. The largest absolute Gasteiger partial charge is 0.460 e. The maximum atomic E-state index is 13.1. The van der Waals surface area contributed by atoms with Gasteiger partial charge in [0.25, 0.3) is 0 Å². The number of aliphatic hydroxyl groups excluding tert-OH is 1. The second-order valence-corrected chi connectivity index (χ2v) is 4.14. The van der Waals surface area contributed by atoms with Gasteiger partial charge in [-0.25, -0.2) is 4.39 Å². The first-order valence-corrected chi connectivity index (χ1v) is 5.85. The summed E-state index contributed by atoms with van der Waals surface area (Å²) in [5.41, 5.74) is 0.675. The number of nitrogens with zero attached hydrogens (tertiary/aromatic N) is 1. The fourth-order valence-corrected chi connectivity index (χ4v) is 1.93. The van der Waals surface area contributed by atoms with Crippen molar-refractivity contribution in [2.75, 3.05) is 19.7 Å². The lowest BCUT2D eigenvalue weighted by molar-refractivity contribution is 0.195. The van der Waals surface area contributed by atoms with Crippen LogP contribution in [0.25, 0.3) is 11.0 Å². The van der Waals surface area contributed by atoms with Crippen LogP contribution in [-0.2, 0) is 6.54 Å². The van der Waals surface area contributed by atoms with Gasteiger partial charge in [-0.15, -0.1) is 6.58 Å². The molecule has 4 heteroatoms. The average molecular weight is 249 g/mol. The molecule has 1 aromatic heterocycles. The maximum absolute atomic E-state index is 13.1. The van der Waals surface area contributed by atoms with Gasteiger partial charge in [0, 0.05) is 18.5 Å². The first kappa shape index (κ1) is 12.8. The molecule has 3 nitrogen and oxygen atoms in total. The third kappa shape index (κ3) is 2.97. The molecule has 0 radical (unpaired) electrons. The van der Waals surface area contributed by atoms with Crippen LogP contribution in [0.3, 0.4) is 0 Å². The second-order valence-electron chi connectivity index (χ2n) is 4.14. The number of hydrogen-bond acceptors (Lipinski definition) is 3. The summed E-state index contributed by atoms with van der Waals surface area (Å²) < 4.78 is 18.7. The molecule has 1 heterocycles. The summed E-state index contributed by atoms with van der Waals surface area (Å²) in [5, 5.41) is 9.72. The number of halogens is 1. The highest BCUT2D eigenvalue weighted by molar-refractivity contribution is 5.77. The highest BCUT2D eigenvalue weighted by atomic mass is 19.1. The van der Waals surface area contributed by atoms with E-state index < -0.39 is 0 Å². The molecule has 0 saturated heterocycles. The zero-order chi connectivity index (χ0) is 13.0. The first-order valence-electron chi connectivity index (χ1n) is 5.85. The molecule has 0 amide bonds. The van der Waals surface area contributed by atoms with Gasteiger partial charge in [-0.2, -0.15) is 0 Å². The van der Waals surface area contributed by atoms with Crippen LogP contribution in [0.15, 0.2) is 41.3 Å². The molecule has 0 aliphatic carbocycles. The van der Waals surface area contributed by atoms with E-state index in [-0.39, 0.29) is 12.4 Å². The van der Waals surface area contributed by atoms with Gasteiger partial charge < -0.3 is 9.52 Å². The molecular formula is C14H16FNO2. The van der Waals surface area contributed by atoms with Crippen LogP contribution in [0, 0.1) is 5.82 Å². The van der Waals surface area contributed by atoms with Crippen LogP contribution in [0.4, 0.5) is 4.39 Å². The van der Waals surface area contributed by atoms with E-state index in [4.69, 9.17) is 9.52 Å². The summed E-state index contributed by atoms with van der Waals surface area (Å²) in [5.74, 6) is 0.485. The van der Waals surface area contributed by atoms with E-state index in [9.17, 15) is 4.39 Å². The van der Waals surface area contributed by atoms with Crippen molar-refractivity contribution < 1.29 is 13.9 Å². The second kappa shape index (κ2) is 5.80. The van der Waals surface area contributed by atoms with Crippen LogP contribution in [0.5, 0.6) is 0 Å². The van der Waals surface area contributed by atoms with Gasteiger partial charge in [0.05, 0.1) is 13.2 Å². The number of rotatable bonds is 6. The fraction of sp³-hybridized carbons (Fsp3) is 0.286. The van der Waals surface area contributed by atoms with Crippen LogP contribution >= 0.6 is 0 Å². The molecule has 0 bridgehead atoms. The average Bonchev–Trinajstić information content (AvgIpc) is 2.71. The smallest absolute Gasteiger partial charge is 0.134 e. The van der Waals surface area contributed by atoms with Crippen molar-refractivity contribution in [1.29, 1.82) is 0 Å². The number of furan rings is 1. The van der Waals surface area contributed by atoms with Crippen molar-refractivity contribution in [2.45, 2.75) is 6.54 Å². The lowest BCUT2D eigenvalue weighted by atomic mass is 10.2. The Labute approximate surface area is 105 Å². The summed E-state index contributed by atoms with van der Waals surface area (Å²) in [7, 11) is 0. The number of hydrogen-bond donors (Lipinski definition) is 1. The molecule has 0 saturated carbocycles. The van der Waals surface area contributed by atoms with Crippen molar-refractivity contribution in [3.05, 3.63) is 48.5 Å². The van der Waals surface area contributed by atoms with Gasteiger partial charge in [0.15, 0.2) is 0 Å². The monoisotopic (exact) mass is 249 g/mol. The molecule has 1 N–H and O–H groups in total. The first-order chi connectivity index (χ1) is 8.72. The van der Waals surface area contributed by atoms with Crippen molar-refractivity contribution >= 4 is 11.0 Å². The summed E-state index contributed by atoms with van der Waals surface area (Å²) in [6, 6.07) is 6.28. The molecule has 0 aliphatic heterocycles. The predicted molar refractivity (Wildman–Crippen MR) is 68.7 cm³/mol. The Bertz CT molecular complexity index is 536. The molecule has 0 atom stereocenters. The van der Waals surface area contributed by atoms with Crippen LogP contribution in [0.1, 0.15) is 5.76 Å². The van der Waals surface area contributed by atoms with Crippen molar-refractivity contribution in [3.63, 3.8) is 0 Å². The molecule has 2 aromatic rings. The molecule has 1 aromatic carbocycles. The van der Waals surface area contributed by atoms with E-state index in [1.54, 1.807) is 12.1 Å². The molecule has 96 valence electrons. The Morgan fingerprint density at radius 2 is 2.22 bits per heavy atom. The number of fused-ring (bicyclic) bond motifs is 1. The zero-order valence-corrected chi connectivity index (χ0v) is 10.1. The molecule has 0 aliphatic rings. The van der Waals surface area contributed by atoms with Crippen molar-refractivity contribution in [1.82, 2.24) is 4.90 Å². The lowest BCUT2D eigenvalue weighted by Crippen LogP contribution is -2.26. The quantitative estimate of drug-likeness (QED) is 0.799. The predicted octanol–water partition coefficient (Wildman–Crippen LogP) is 2.55. The Morgan fingerprint density at radius 3 is 2.94 bits per heavy atom. The van der Waals surface area contributed by atoms with Gasteiger partial charge >= 0.3 is 0 Å². The Morgan fingerprint density at radius 1 is 1.39 bits per heavy atom. The van der Waals surface area contributed by atoms with Crippen LogP contribution in [-0.4, -0.2) is 29.7 Å². The van der Waals surface area contributed by atoms with E-state index in [2.05, 4.69) is 6.58 Å². The van der Waals surface area contributed by atoms with E-state index in [0.717, 1.165) is 11.1 Å². The minimum atomic E-state index is -0.270. The summed E-state index contributed by atoms with van der Waals surface area (Å²) in [6.07, 6.45) is 1.78. The topological polar surface area (TPSA) is 36.6 Å². The van der Waals surface area contributed by atoms with Crippen molar-refractivity contribution in [3.8, 4) is 0 Å². The minimum absolute atomic E-state index is 0.0860.